The van der Waals surface area contributed by atoms with E-state index < -0.39 is 206 Å². The summed E-state index contributed by atoms with van der Waals surface area (Å²) in [5, 5.41) is 81.1. The Bertz CT molecular complexity index is 2720. The highest BCUT2D eigenvalue weighted by Crippen LogP contribution is 2.10. The van der Waals surface area contributed by atoms with Gasteiger partial charge in [0.2, 0.25) is 82.7 Å². The maximum absolute atomic E-state index is 14.3. The topological polar surface area (TPSA) is 682 Å². The van der Waals surface area contributed by atoms with Crippen LogP contribution in [0, 0.1) is 0 Å². The molecule has 0 spiro atoms. The van der Waals surface area contributed by atoms with Crippen molar-refractivity contribution in [2.75, 3.05) is 45.9 Å². The number of amides is 14. The Hall–Kier alpha value is -9.22. The van der Waals surface area contributed by atoms with Crippen LogP contribution in [-0.4, -0.2) is 251 Å². The average Bonchev–Trinajstić information content (AvgIpc) is 0.875. The van der Waals surface area contributed by atoms with E-state index in [2.05, 4.69) is 74.1 Å². The number of carboxylic acids is 1. The molecular formula is C58H104N20O20. The molecule has 0 aromatic carbocycles. The molecule has 0 aliphatic heterocycles. The molecule has 0 radical (unpaired) electrons. The Morgan fingerprint density at radius 1 is 0.439 bits per heavy atom. The lowest BCUT2D eigenvalue weighted by molar-refractivity contribution is -0.141. The lowest BCUT2D eigenvalue weighted by Gasteiger charge is -2.28. The standard InChI is InChI=1S/C58H104N20O20/c1-7-15-41(84)65-24-13-10-18-35(51(91)76-39(28-79)53(93)77-45(32(5)81)55(95)68-26-42(85)67-27-43(86)71-34(16-8-11-22-59)48(88)70-30(3)57(97)98)73-50(90)37(19-14-25-66-58(63)64)72-47(87)29(2)69-56(96)46(33(6)82)78-52(92)38(20-21-40(61)83)74-49(89)36(17-9-12-23-60)75-54(94)44(62)31(4)80/h7,15,29-39,44-46,79-82H,8-14,16-28,59-60,62H2,1-6H3,(H2,61,83)(H,65,84)(H,67,85)(H,68,95)(H,69,96)(H,70,88)(H,71,86)(H,72,87)(H,73,90)(H,74,89)(H,75,94)(H,76,91)(H,77,93)(H,78,92)(H,97,98)(H4,63,64,66)/b15-7+/t29-,30-,31+,32+,33+,34-,35-,36-,37-,38-,39-,44-,45-,46-/m0/s1. The first-order chi connectivity index (χ1) is 46.0. The fourth-order valence-corrected chi connectivity index (χ4v) is 8.64. The van der Waals surface area contributed by atoms with Crippen molar-refractivity contribution in [2.24, 2.45) is 39.4 Å². The van der Waals surface area contributed by atoms with Gasteiger partial charge in [-0.2, -0.15) is 0 Å². The predicted octanol–water partition coefficient (Wildman–Crippen LogP) is -10.9. The van der Waals surface area contributed by atoms with Gasteiger partial charge in [0.15, 0.2) is 5.96 Å². The van der Waals surface area contributed by atoms with Crippen molar-refractivity contribution >= 4 is 94.6 Å². The number of nitrogens with one attached hydrogen (secondary N) is 13. The van der Waals surface area contributed by atoms with Gasteiger partial charge in [-0.25, -0.2) is 0 Å². The molecule has 0 rings (SSSR count). The number of nitrogens with zero attached hydrogens (tertiary/aromatic N) is 1. The van der Waals surface area contributed by atoms with Gasteiger partial charge in [0.1, 0.15) is 66.5 Å². The summed E-state index contributed by atoms with van der Waals surface area (Å²) in [7, 11) is 0. The number of hydrogen-bond donors (Lipinski definition) is 24. The van der Waals surface area contributed by atoms with Crippen molar-refractivity contribution in [1.29, 1.82) is 0 Å². The summed E-state index contributed by atoms with van der Waals surface area (Å²) in [6, 6.07) is -17.4. The number of primary amides is 1. The van der Waals surface area contributed by atoms with Crippen LogP contribution in [0.3, 0.4) is 0 Å². The Labute approximate surface area is 566 Å². The number of carboxylic acid groups (broad SMARTS) is 1. The molecule has 98 heavy (non-hydrogen) atoms. The molecule has 0 aliphatic rings. The third-order valence-electron chi connectivity index (χ3n) is 14.4. The molecule has 0 aromatic heterocycles. The fourth-order valence-electron chi connectivity index (χ4n) is 8.64. The summed E-state index contributed by atoms with van der Waals surface area (Å²) in [5.41, 5.74) is 33.2. The van der Waals surface area contributed by atoms with Crippen molar-refractivity contribution in [3.63, 3.8) is 0 Å². The van der Waals surface area contributed by atoms with E-state index in [1.54, 1.807) is 6.92 Å². The van der Waals surface area contributed by atoms with Gasteiger partial charge < -0.3 is 129 Å². The minimum Gasteiger partial charge on any atom is -0.480 e. The fraction of sp³-hybridized carbons (Fsp3) is 0.690. The molecule has 0 aromatic rings. The Morgan fingerprint density at radius 2 is 0.857 bits per heavy atom. The highest BCUT2D eigenvalue weighted by atomic mass is 16.4. The van der Waals surface area contributed by atoms with Crippen LogP contribution in [0.15, 0.2) is 17.1 Å². The van der Waals surface area contributed by atoms with Gasteiger partial charge in [-0.05, 0) is 138 Å². The lowest BCUT2D eigenvalue weighted by Crippen LogP contribution is -2.62. The second-order valence-electron chi connectivity index (χ2n) is 22.9. The molecule has 0 saturated carbocycles. The molecule has 0 aliphatic carbocycles. The van der Waals surface area contributed by atoms with E-state index in [1.807, 2.05) is 0 Å². The number of allylic oxidation sites excluding steroid dienone is 1. The van der Waals surface area contributed by atoms with Crippen LogP contribution in [-0.2, 0) is 71.9 Å². The van der Waals surface area contributed by atoms with E-state index >= 15 is 0 Å². The van der Waals surface area contributed by atoms with Gasteiger partial charge in [-0.1, -0.05) is 6.08 Å². The molecule has 0 unspecified atom stereocenters. The Kier molecular flexibility index (Phi) is 43.9. The number of aliphatic carboxylic acids is 1. The summed E-state index contributed by atoms with van der Waals surface area (Å²) in [5.74, 6) is -15.5. The molecule has 14 atom stereocenters. The number of aliphatic hydroxyl groups is 4. The molecule has 40 nitrogen and oxygen atoms in total. The molecule has 0 fully saturated rings. The van der Waals surface area contributed by atoms with E-state index in [0.717, 1.165) is 20.8 Å². The molecule has 0 saturated heterocycles. The minimum absolute atomic E-state index is 0.0115. The molecular weight excluding hydrogens is 1300 g/mol. The smallest absolute Gasteiger partial charge is 0.325 e. The van der Waals surface area contributed by atoms with Crippen LogP contribution in [0.5, 0.6) is 0 Å². The van der Waals surface area contributed by atoms with E-state index in [4.69, 9.17) is 34.4 Å². The van der Waals surface area contributed by atoms with Crippen LogP contribution in [0.25, 0.3) is 0 Å². The normalized spacial score (nSPS) is 15.4. The SMILES string of the molecule is C/C=C/C(=O)NCCCC[C@H](NC(=O)[C@H](CCCN=C(N)N)NC(=O)[C@H](C)NC(=O)[C@@H](NC(=O)[C@H](CCC(N)=O)NC(=O)[C@H](CCCCN)NC(=O)[C@@H](N)[C@@H](C)O)[C@@H](C)O)C(=O)N[C@@H](CO)C(=O)N[C@H](C(=O)NCC(=O)NCC(=O)N[C@@H](CCCCN)C(=O)N[C@@H](C)C(=O)O)[C@@H](C)O. The van der Waals surface area contributed by atoms with E-state index in [1.165, 1.54) is 26.0 Å². The number of rotatable bonds is 50. The van der Waals surface area contributed by atoms with Crippen molar-refractivity contribution < 1.29 is 97.5 Å². The van der Waals surface area contributed by atoms with Gasteiger partial charge in [0.25, 0.3) is 0 Å². The van der Waals surface area contributed by atoms with Crippen molar-refractivity contribution in [2.45, 2.75) is 210 Å². The van der Waals surface area contributed by atoms with Gasteiger partial charge in [-0.15, -0.1) is 0 Å². The number of aliphatic imine (C=N–C) groups is 1. The van der Waals surface area contributed by atoms with Crippen molar-refractivity contribution in [1.82, 2.24) is 69.1 Å². The molecule has 30 N–H and O–H groups in total. The van der Waals surface area contributed by atoms with Crippen molar-refractivity contribution in [3.8, 4) is 0 Å². The summed E-state index contributed by atoms with van der Waals surface area (Å²) >= 11 is 0. The second kappa shape index (κ2) is 48.5. The summed E-state index contributed by atoms with van der Waals surface area (Å²) in [4.78, 5) is 201. The number of nitrogens with two attached hydrogens (primary N) is 6. The third kappa shape index (κ3) is 36.8. The number of hydrogen-bond acceptors (Lipinski definition) is 23. The van der Waals surface area contributed by atoms with Gasteiger partial charge >= 0.3 is 5.97 Å². The zero-order valence-corrected chi connectivity index (χ0v) is 56.2. The maximum atomic E-state index is 14.3. The first-order valence-corrected chi connectivity index (χ1v) is 31.9. The van der Waals surface area contributed by atoms with E-state index in [-0.39, 0.29) is 77.1 Å². The number of unbranched alkanes of at least 4 members (excludes halogenated alkanes) is 3. The third-order valence-corrected chi connectivity index (χ3v) is 14.4. The molecule has 0 bridgehead atoms. The number of carbonyl (C=O) groups is 15. The molecule has 40 heteroatoms. The zero-order valence-electron chi connectivity index (χ0n) is 56.2. The largest absolute Gasteiger partial charge is 0.480 e. The quantitative estimate of drug-likeness (QED) is 0.0116. The van der Waals surface area contributed by atoms with Gasteiger partial charge in [-0.3, -0.25) is 76.9 Å². The number of carbonyl (C=O) groups excluding carboxylic acids is 14. The van der Waals surface area contributed by atoms with Crippen molar-refractivity contribution in [3.05, 3.63) is 12.2 Å². The van der Waals surface area contributed by atoms with Crippen LogP contribution in [0.1, 0.15) is 125 Å². The lowest BCUT2D eigenvalue weighted by atomic mass is 10.0. The summed E-state index contributed by atoms with van der Waals surface area (Å²) in [6.45, 7) is 5.16. The highest BCUT2D eigenvalue weighted by Gasteiger charge is 2.37. The first kappa shape index (κ1) is 88.8. The first-order valence-electron chi connectivity index (χ1n) is 31.9. The zero-order chi connectivity index (χ0) is 74.8. The summed E-state index contributed by atoms with van der Waals surface area (Å²) < 4.78 is 0. The Balaban J connectivity index is 6.68. The second-order valence-corrected chi connectivity index (χ2v) is 22.9. The predicted molar refractivity (Wildman–Crippen MR) is 350 cm³/mol. The van der Waals surface area contributed by atoms with Crippen LogP contribution in [0.4, 0.5) is 0 Å². The van der Waals surface area contributed by atoms with E-state index in [9.17, 15) is 97.5 Å². The summed E-state index contributed by atoms with van der Waals surface area (Å²) in [6.07, 6.45) is -1.52. The number of aliphatic hydroxyl groups excluding tert-OH is 4. The molecule has 0 heterocycles. The Morgan fingerprint density at radius 3 is 1.33 bits per heavy atom. The average molecular weight is 1400 g/mol. The molecule has 14 amide bonds. The van der Waals surface area contributed by atoms with Crippen LogP contribution in [0.2, 0.25) is 0 Å². The minimum atomic E-state index is -1.91. The highest BCUT2D eigenvalue weighted by molar-refractivity contribution is 5.99. The van der Waals surface area contributed by atoms with E-state index in [0.29, 0.717) is 25.7 Å². The van der Waals surface area contributed by atoms with Gasteiger partial charge in [0, 0.05) is 19.5 Å². The maximum Gasteiger partial charge on any atom is 0.325 e. The van der Waals surface area contributed by atoms with Gasteiger partial charge in [0.05, 0.1) is 38.0 Å². The van der Waals surface area contributed by atoms with Crippen LogP contribution < -0.4 is 104 Å². The monoisotopic (exact) mass is 1400 g/mol. The van der Waals surface area contributed by atoms with Crippen LogP contribution >= 0.6 is 0 Å². The molecule has 556 valence electrons. The number of guanidine groups is 1.